The predicted molar refractivity (Wildman–Crippen MR) is 120 cm³/mol. The summed E-state index contributed by atoms with van der Waals surface area (Å²) < 4.78 is 10.6. The van der Waals surface area contributed by atoms with E-state index in [2.05, 4.69) is 10.6 Å². The number of rotatable bonds is 9. The van der Waals surface area contributed by atoms with Crippen molar-refractivity contribution in [3.8, 4) is 11.5 Å². The number of ether oxygens (including phenoxy) is 2. The van der Waals surface area contributed by atoms with Crippen molar-refractivity contribution in [1.29, 1.82) is 0 Å². The number of hydrogen-bond donors (Lipinski definition) is 2. The Morgan fingerprint density at radius 3 is 2.84 bits per heavy atom. The molecule has 0 aliphatic carbocycles. The molecule has 1 fully saturated rings. The van der Waals surface area contributed by atoms with Crippen LogP contribution in [0.15, 0.2) is 54.6 Å². The van der Waals surface area contributed by atoms with Gasteiger partial charge in [-0.3, -0.25) is 14.5 Å². The molecular formula is C24H29N3O4. The summed E-state index contributed by atoms with van der Waals surface area (Å²) in [6.07, 6.45) is 4.08. The van der Waals surface area contributed by atoms with E-state index in [1.807, 2.05) is 65.6 Å². The Bertz CT molecular complexity index is 929. The molecule has 2 aromatic carbocycles. The van der Waals surface area contributed by atoms with Crippen LogP contribution in [0.4, 0.5) is 0 Å². The molecule has 0 aromatic heterocycles. The lowest BCUT2D eigenvalue weighted by Gasteiger charge is -2.33. The molecule has 0 saturated carbocycles. The second kappa shape index (κ2) is 11.2. The number of nitrogens with one attached hydrogen (secondary N) is 2. The number of amides is 2. The minimum absolute atomic E-state index is 0.109. The summed E-state index contributed by atoms with van der Waals surface area (Å²) in [7, 11) is 3.25. The molecule has 1 atom stereocenters. The zero-order chi connectivity index (χ0) is 22.1. The van der Waals surface area contributed by atoms with Crippen molar-refractivity contribution in [3.63, 3.8) is 0 Å². The summed E-state index contributed by atoms with van der Waals surface area (Å²) in [4.78, 5) is 27.0. The highest BCUT2D eigenvalue weighted by atomic mass is 16.5. The molecular weight excluding hydrogens is 394 g/mol. The number of carbonyl (C=O) groups excluding carboxylic acids is 2. The summed E-state index contributed by atoms with van der Waals surface area (Å²) in [6, 6.07) is 14.8. The molecule has 1 unspecified atom stereocenters. The highest BCUT2D eigenvalue weighted by Gasteiger charge is 2.30. The lowest BCUT2D eigenvalue weighted by atomic mass is 10.1. The number of benzene rings is 2. The third kappa shape index (κ3) is 6.33. The summed E-state index contributed by atoms with van der Waals surface area (Å²) in [5.41, 5.74) is 1.91. The maximum atomic E-state index is 12.5. The van der Waals surface area contributed by atoms with Crippen LogP contribution in [0.25, 0.3) is 6.08 Å². The van der Waals surface area contributed by atoms with Gasteiger partial charge < -0.3 is 20.1 Å². The Kier molecular flexibility index (Phi) is 8.06. The van der Waals surface area contributed by atoms with Crippen LogP contribution in [0.3, 0.4) is 0 Å². The zero-order valence-electron chi connectivity index (χ0n) is 18.0. The van der Waals surface area contributed by atoms with Gasteiger partial charge in [-0.15, -0.1) is 0 Å². The Labute approximate surface area is 183 Å². The van der Waals surface area contributed by atoms with Crippen molar-refractivity contribution >= 4 is 17.9 Å². The Morgan fingerprint density at radius 1 is 1.19 bits per heavy atom. The largest absolute Gasteiger partial charge is 0.497 e. The molecule has 1 aliphatic rings. The summed E-state index contributed by atoms with van der Waals surface area (Å²) in [6.45, 7) is 2.22. The number of carbonyl (C=O) groups is 2. The van der Waals surface area contributed by atoms with Crippen molar-refractivity contribution in [2.24, 2.45) is 0 Å². The molecule has 0 radical (unpaired) electrons. The van der Waals surface area contributed by atoms with E-state index in [1.165, 1.54) is 0 Å². The van der Waals surface area contributed by atoms with Crippen molar-refractivity contribution < 1.29 is 19.1 Å². The summed E-state index contributed by atoms with van der Waals surface area (Å²) in [5.74, 6) is 1.26. The molecule has 164 valence electrons. The van der Waals surface area contributed by atoms with Gasteiger partial charge >= 0.3 is 0 Å². The van der Waals surface area contributed by atoms with E-state index >= 15 is 0 Å². The van der Waals surface area contributed by atoms with Crippen molar-refractivity contribution in [2.45, 2.75) is 19.0 Å². The van der Waals surface area contributed by atoms with Crippen LogP contribution in [-0.4, -0.2) is 56.6 Å². The number of nitrogens with zero attached hydrogens (tertiary/aromatic N) is 1. The standard InChI is InChI=1S/C24H29N3O4/c1-30-20-10-5-7-18(15-20)17-26-23(28)16-21-24(29)25-12-14-27(21)13-6-9-19-8-3-4-11-22(19)31-2/h3-11,15,21H,12-14,16-17H2,1-2H3,(H,25,29)(H,26,28)/b9-6+. The van der Waals surface area contributed by atoms with E-state index in [0.717, 1.165) is 22.6 Å². The van der Waals surface area contributed by atoms with E-state index in [-0.39, 0.29) is 18.2 Å². The fraction of sp³-hybridized carbons (Fsp3) is 0.333. The predicted octanol–water partition coefficient (Wildman–Crippen LogP) is 2.22. The molecule has 2 amide bonds. The molecule has 1 saturated heterocycles. The van der Waals surface area contributed by atoms with E-state index in [9.17, 15) is 9.59 Å². The zero-order valence-corrected chi connectivity index (χ0v) is 18.0. The topological polar surface area (TPSA) is 79.9 Å². The average Bonchev–Trinajstić information content (AvgIpc) is 2.80. The Hall–Kier alpha value is -3.32. The van der Waals surface area contributed by atoms with Crippen LogP contribution in [0.5, 0.6) is 11.5 Å². The highest BCUT2D eigenvalue weighted by Crippen LogP contribution is 2.19. The van der Waals surface area contributed by atoms with Gasteiger partial charge in [0.05, 0.1) is 26.7 Å². The Morgan fingerprint density at radius 2 is 2.03 bits per heavy atom. The normalized spacial score (nSPS) is 16.7. The molecule has 0 spiro atoms. The van der Waals surface area contributed by atoms with E-state index in [0.29, 0.717) is 26.2 Å². The van der Waals surface area contributed by atoms with Gasteiger partial charge in [-0.1, -0.05) is 42.5 Å². The van der Waals surface area contributed by atoms with E-state index in [1.54, 1.807) is 14.2 Å². The fourth-order valence-corrected chi connectivity index (χ4v) is 3.55. The van der Waals surface area contributed by atoms with Crippen molar-refractivity contribution in [1.82, 2.24) is 15.5 Å². The SMILES string of the molecule is COc1cccc(CNC(=O)CC2C(=O)NCCN2C/C=C/c2ccccc2OC)c1. The highest BCUT2D eigenvalue weighted by molar-refractivity contribution is 5.88. The van der Waals surface area contributed by atoms with E-state index < -0.39 is 6.04 Å². The van der Waals surface area contributed by atoms with Gasteiger partial charge in [0, 0.05) is 31.7 Å². The molecule has 2 N–H and O–H groups in total. The van der Waals surface area contributed by atoms with Crippen molar-refractivity contribution in [3.05, 3.63) is 65.7 Å². The minimum Gasteiger partial charge on any atom is -0.497 e. The molecule has 31 heavy (non-hydrogen) atoms. The monoisotopic (exact) mass is 423 g/mol. The van der Waals surface area contributed by atoms with Crippen LogP contribution < -0.4 is 20.1 Å². The van der Waals surface area contributed by atoms with Gasteiger partial charge in [0.25, 0.3) is 0 Å². The van der Waals surface area contributed by atoms with Crippen molar-refractivity contribution in [2.75, 3.05) is 33.9 Å². The third-order valence-electron chi connectivity index (χ3n) is 5.22. The number of methoxy groups -OCH3 is 2. The lowest BCUT2D eigenvalue weighted by molar-refractivity contribution is -0.133. The van der Waals surface area contributed by atoms with Gasteiger partial charge in [-0.25, -0.2) is 0 Å². The van der Waals surface area contributed by atoms with E-state index in [4.69, 9.17) is 9.47 Å². The van der Waals surface area contributed by atoms with Crippen LogP contribution in [-0.2, 0) is 16.1 Å². The average molecular weight is 424 g/mol. The molecule has 3 rings (SSSR count). The fourth-order valence-electron chi connectivity index (χ4n) is 3.55. The molecule has 1 heterocycles. The Balaban J connectivity index is 1.57. The third-order valence-corrected chi connectivity index (χ3v) is 5.22. The number of piperazine rings is 1. The summed E-state index contributed by atoms with van der Waals surface area (Å²) in [5, 5.41) is 5.76. The lowest BCUT2D eigenvalue weighted by Crippen LogP contribution is -2.56. The molecule has 7 nitrogen and oxygen atoms in total. The maximum absolute atomic E-state index is 12.5. The maximum Gasteiger partial charge on any atom is 0.237 e. The first-order chi connectivity index (χ1) is 15.1. The summed E-state index contributed by atoms with van der Waals surface area (Å²) >= 11 is 0. The first kappa shape index (κ1) is 22.4. The van der Waals surface area contributed by atoms with Crippen LogP contribution in [0, 0.1) is 0 Å². The minimum atomic E-state index is -0.499. The van der Waals surface area contributed by atoms with Gasteiger partial charge in [-0.2, -0.15) is 0 Å². The quantitative estimate of drug-likeness (QED) is 0.647. The van der Waals surface area contributed by atoms with Crippen LogP contribution in [0.1, 0.15) is 17.5 Å². The van der Waals surface area contributed by atoms with Gasteiger partial charge in [0.2, 0.25) is 11.8 Å². The molecule has 1 aliphatic heterocycles. The smallest absolute Gasteiger partial charge is 0.237 e. The van der Waals surface area contributed by atoms with Crippen LogP contribution in [0.2, 0.25) is 0 Å². The molecule has 2 aromatic rings. The second-order valence-corrected chi connectivity index (χ2v) is 7.28. The number of hydrogen-bond acceptors (Lipinski definition) is 5. The van der Waals surface area contributed by atoms with Crippen LogP contribution >= 0.6 is 0 Å². The molecule has 7 heteroatoms. The molecule has 0 bridgehead atoms. The first-order valence-electron chi connectivity index (χ1n) is 10.3. The van der Waals surface area contributed by atoms with Gasteiger partial charge in [0.1, 0.15) is 11.5 Å². The first-order valence-corrected chi connectivity index (χ1v) is 10.3. The van der Waals surface area contributed by atoms with Gasteiger partial charge in [-0.05, 0) is 23.8 Å². The van der Waals surface area contributed by atoms with Gasteiger partial charge in [0.15, 0.2) is 0 Å². The number of para-hydroxylation sites is 1. The second-order valence-electron chi connectivity index (χ2n) is 7.28.